The summed E-state index contributed by atoms with van der Waals surface area (Å²) in [5.41, 5.74) is 5.20. The van der Waals surface area contributed by atoms with Gasteiger partial charge in [0.2, 0.25) is 5.91 Å². The van der Waals surface area contributed by atoms with Crippen LogP contribution in [0.5, 0.6) is 0 Å². The Morgan fingerprint density at radius 3 is 2.64 bits per heavy atom. The quantitative estimate of drug-likeness (QED) is 0.630. The molecule has 0 atom stereocenters. The maximum atomic E-state index is 14.6. The van der Waals surface area contributed by atoms with Crippen LogP contribution in [0.1, 0.15) is 21.6 Å². The molecule has 2 aromatic rings. The lowest BCUT2D eigenvalue weighted by atomic mass is 10.0. The smallest absolute Gasteiger partial charge is 0.300 e. The molecule has 2 heterocycles. The number of nitrogens with one attached hydrogen (secondary N) is 2. The molecule has 11 heteroatoms. The summed E-state index contributed by atoms with van der Waals surface area (Å²) in [5.74, 6) is -2.20. The van der Waals surface area contributed by atoms with Crippen molar-refractivity contribution in [1.29, 1.82) is 0 Å². The lowest BCUT2D eigenvalue weighted by Gasteiger charge is -2.14. The summed E-state index contributed by atoms with van der Waals surface area (Å²) in [6.45, 7) is 0. The zero-order valence-electron chi connectivity index (χ0n) is 13.4. The SMILES string of the molecule is CNS(=O)(=O)Nc1nccc(Cc2c(C(N)=O)ccc(=O)n2C)c1F. The number of carbonyl (C=O) groups is 1. The van der Waals surface area contributed by atoms with Crippen molar-refractivity contribution in [3.05, 3.63) is 57.4 Å². The summed E-state index contributed by atoms with van der Waals surface area (Å²) in [7, 11) is -1.37. The van der Waals surface area contributed by atoms with E-state index < -0.39 is 33.3 Å². The summed E-state index contributed by atoms with van der Waals surface area (Å²) < 4.78 is 42.7. The molecule has 0 unspecified atom stereocenters. The van der Waals surface area contributed by atoms with E-state index >= 15 is 0 Å². The summed E-state index contributed by atoms with van der Waals surface area (Å²) in [5, 5.41) is 0. The van der Waals surface area contributed by atoms with Gasteiger partial charge in [-0.1, -0.05) is 0 Å². The van der Waals surface area contributed by atoms with Gasteiger partial charge in [0.05, 0.1) is 5.56 Å². The molecule has 0 aliphatic heterocycles. The van der Waals surface area contributed by atoms with Crippen molar-refractivity contribution in [2.45, 2.75) is 6.42 Å². The molecule has 4 N–H and O–H groups in total. The number of carbonyl (C=O) groups excluding carboxylic acids is 1. The van der Waals surface area contributed by atoms with Crippen molar-refractivity contribution in [2.24, 2.45) is 12.8 Å². The topological polar surface area (TPSA) is 136 Å². The minimum absolute atomic E-state index is 0.0347. The highest BCUT2D eigenvalue weighted by Gasteiger charge is 2.18. The molecule has 0 spiro atoms. The van der Waals surface area contributed by atoms with E-state index in [-0.39, 0.29) is 23.2 Å². The van der Waals surface area contributed by atoms with E-state index in [1.807, 2.05) is 9.44 Å². The van der Waals surface area contributed by atoms with Gasteiger partial charge in [-0.2, -0.15) is 8.42 Å². The zero-order chi connectivity index (χ0) is 18.8. The van der Waals surface area contributed by atoms with Crippen molar-refractivity contribution in [2.75, 3.05) is 11.8 Å². The molecule has 1 amide bonds. The third-order valence-corrected chi connectivity index (χ3v) is 4.53. The van der Waals surface area contributed by atoms with Crippen molar-refractivity contribution in [1.82, 2.24) is 14.3 Å². The first kappa shape index (κ1) is 18.5. The Bertz CT molecular complexity index is 987. The van der Waals surface area contributed by atoms with Gasteiger partial charge < -0.3 is 10.3 Å². The number of amides is 1. The fraction of sp³-hybridized carbons (Fsp3) is 0.214. The number of pyridine rings is 2. The van der Waals surface area contributed by atoms with Crippen molar-refractivity contribution in [3.8, 4) is 0 Å². The maximum Gasteiger partial charge on any atom is 0.300 e. The van der Waals surface area contributed by atoms with Crippen LogP contribution in [0.25, 0.3) is 0 Å². The standard InChI is InChI=1S/C14H16FN5O4S/c1-17-25(23,24)19-14-12(15)8(5-6-18-14)7-10-9(13(16)22)3-4-11(21)20(10)2/h3-6,17H,7H2,1-2H3,(H2,16,22)(H,18,19). The summed E-state index contributed by atoms with van der Waals surface area (Å²) in [4.78, 5) is 27.0. The Labute approximate surface area is 142 Å². The van der Waals surface area contributed by atoms with E-state index in [2.05, 4.69) is 4.98 Å². The summed E-state index contributed by atoms with van der Waals surface area (Å²) >= 11 is 0. The number of halogens is 1. The van der Waals surface area contributed by atoms with Crippen LogP contribution in [0.2, 0.25) is 0 Å². The molecule has 0 aliphatic rings. The highest BCUT2D eigenvalue weighted by Crippen LogP contribution is 2.20. The molecule has 0 fully saturated rings. The number of anilines is 1. The molecule has 134 valence electrons. The molecule has 0 radical (unpaired) electrons. The van der Waals surface area contributed by atoms with Gasteiger partial charge >= 0.3 is 0 Å². The Balaban J connectivity index is 2.51. The van der Waals surface area contributed by atoms with E-state index in [1.165, 1.54) is 36.0 Å². The first-order chi connectivity index (χ1) is 11.7. The summed E-state index contributed by atoms with van der Waals surface area (Å²) in [6, 6.07) is 3.76. The first-order valence-corrected chi connectivity index (χ1v) is 8.48. The average Bonchev–Trinajstić information content (AvgIpc) is 2.55. The number of hydrogen-bond donors (Lipinski definition) is 3. The maximum absolute atomic E-state index is 14.6. The molecule has 25 heavy (non-hydrogen) atoms. The van der Waals surface area contributed by atoms with E-state index in [4.69, 9.17) is 5.73 Å². The fourth-order valence-electron chi connectivity index (χ4n) is 2.16. The van der Waals surface area contributed by atoms with Gasteiger partial charge in [-0.15, -0.1) is 0 Å². The lowest BCUT2D eigenvalue weighted by Crippen LogP contribution is -2.28. The van der Waals surface area contributed by atoms with Crippen LogP contribution in [-0.2, 0) is 23.7 Å². The molecule has 2 rings (SSSR count). The lowest BCUT2D eigenvalue weighted by molar-refractivity contribution is 0.0998. The largest absolute Gasteiger partial charge is 0.366 e. The van der Waals surface area contributed by atoms with E-state index in [9.17, 15) is 22.4 Å². The van der Waals surface area contributed by atoms with Gasteiger partial charge in [0.15, 0.2) is 11.6 Å². The average molecular weight is 369 g/mol. The predicted molar refractivity (Wildman–Crippen MR) is 88.8 cm³/mol. The van der Waals surface area contributed by atoms with Crippen LogP contribution in [0.3, 0.4) is 0 Å². The molecule has 0 saturated heterocycles. The van der Waals surface area contributed by atoms with Crippen molar-refractivity contribution < 1.29 is 17.6 Å². The number of nitrogens with zero attached hydrogens (tertiary/aromatic N) is 2. The number of aromatic nitrogens is 2. The van der Waals surface area contributed by atoms with Gasteiger partial charge in [-0.25, -0.2) is 14.1 Å². The zero-order valence-corrected chi connectivity index (χ0v) is 14.2. The van der Waals surface area contributed by atoms with Crippen LogP contribution in [0.15, 0.2) is 29.2 Å². The summed E-state index contributed by atoms with van der Waals surface area (Å²) in [6.07, 6.45) is 1.05. The van der Waals surface area contributed by atoms with Crippen molar-refractivity contribution >= 4 is 21.9 Å². The van der Waals surface area contributed by atoms with Crippen molar-refractivity contribution in [3.63, 3.8) is 0 Å². The molecular formula is C14H16FN5O4S. The van der Waals surface area contributed by atoms with E-state index in [0.717, 1.165) is 7.05 Å². The van der Waals surface area contributed by atoms with Gasteiger partial charge in [0.25, 0.3) is 15.8 Å². The molecule has 2 aromatic heterocycles. The minimum atomic E-state index is -3.95. The second kappa shape index (κ2) is 6.99. The number of hydrogen-bond acceptors (Lipinski definition) is 5. The Hall–Kier alpha value is -2.79. The molecule has 0 aliphatic carbocycles. The minimum Gasteiger partial charge on any atom is -0.366 e. The fourth-order valence-corrected chi connectivity index (χ4v) is 2.66. The third kappa shape index (κ3) is 4.00. The van der Waals surface area contributed by atoms with Gasteiger partial charge in [0.1, 0.15) is 0 Å². The van der Waals surface area contributed by atoms with Gasteiger partial charge in [-0.05, 0) is 17.7 Å². The highest BCUT2D eigenvalue weighted by atomic mass is 32.2. The molecule has 0 saturated carbocycles. The van der Waals surface area contributed by atoms with Crippen LogP contribution >= 0.6 is 0 Å². The first-order valence-electron chi connectivity index (χ1n) is 6.99. The monoisotopic (exact) mass is 369 g/mol. The second-order valence-electron chi connectivity index (χ2n) is 5.07. The van der Waals surface area contributed by atoms with E-state index in [1.54, 1.807) is 0 Å². The molecular weight excluding hydrogens is 353 g/mol. The molecule has 9 nitrogen and oxygen atoms in total. The van der Waals surface area contributed by atoms with Crippen LogP contribution < -0.4 is 20.7 Å². The van der Waals surface area contributed by atoms with E-state index in [0.29, 0.717) is 0 Å². The van der Waals surface area contributed by atoms with Crippen LogP contribution in [0, 0.1) is 5.82 Å². The molecule has 0 bridgehead atoms. The second-order valence-corrected chi connectivity index (χ2v) is 6.69. The van der Waals surface area contributed by atoms with Crippen LogP contribution in [-0.4, -0.2) is 30.9 Å². The molecule has 0 aromatic carbocycles. The Morgan fingerprint density at radius 2 is 2.04 bits per heavy atom. The number of primary amides is 1. The number of nitrogens with two attached hydrogens (primary N) is 1. The predicted octanol–water partition coefficient (Wildman–Crippen LogP) is -0.515. The normalized spacial score (nSPS) is 11.3. The van der Waals surface area contributed by atoms with Gasteiger partial charge in [0, 0.05) is 38.5 Å². The highest BCUT2D eigenvalue weighted by molar-refractivity contribution is 7.90. The Kier molecular flexibility index (Phi) is 5.18. The third-order valence-electron chi connectivity index (χ3n) is 3.53. The Morgan fingerprint density at radius 1 is 1.36 bits per heavy atom. The number of rotatable bonds is 6. The van der Waals surface area contributed by atoms with Crippen LogP contribution in [0.4, 0.5) is 10.2 Å². The van der Waals surface area contributed by atoms with Gasteiger partial charge in [-0.3, -0.25) is 14.3 Å².